The topological polar surface area (TPSA) is 51.2 Å². The van der Waals surface area contributed by atoms with Crippen LogP contribution in [0.4, 0.5) is 5.69 Å². The van der Waals surface area contributed by atoms with Gasteiger partial charge in [-0.15, -0.1) is 0 Å². The van der Waals surface area contributed by atoms with E-state index in [1.54, 1.807) is 48.8 Å². The van der Waals surface area contributed by atoms with Gasteiger partial charge in [0.1, 0.15) is 0 Å². The van der Waals surface area contributed by atoms with Crippen molar-refractivity contribution in [3.05, 3.63) is 60.4 Å². The van der Waals surface area contributed by atoms with Crippen molar-refractivity contribution in [2.75, 3.05) is 5.48 Å². The quantitative estimate of drug-likeness (QED) is 0.796. The summed E-state index contributed by atoms with van der Waals surface area (Å²) in [5, 5.41) is 0. The van der Waals surface area contributed by atoms with E-state index in [-0.39, 0.29) is 0 Å². The predicted octanol–water partition coefficient (Wildman–Crippen LogP) is 2.27. The molecule has 0 aliphatic heterocycles. The van der Waals surface area contributed by atoms with E-state index in [2.05, 4.69) is 10.5 Å². The third kappa shape index (κ3) is 2.57. The van der Waals surface area contributed by atoms with Gasteiger partial charge in [0.15, 0.2) is 0 Å². The molecular weight excluding hydrogens is 204 g/mol. The van der Waals surface area contributed by atoms with Gasteiger partial charge in [0, 0.05) is 12.4 Å². The largest absolute Gasteiger partial charge is 0.362 e. The third-order valence-electron chi connectivity index (χ3n) is 1.95. The first-order valence-corrected chi connectivity index (χ1v) is 4.78. The van der Waals surface area contributed by atoms with Gasteiger partial charge in [-0.25, -0.2) is 10.3 Å². The maximum absolute atomic E-state index is 11.5. The number of benzene rings is 1. The molecule has 16 heavy (non-hydrogen) atoms. The van der Waals surface area contributed by atoms with Crippen LogP contribution in [0.25, 0.3) is 0 Å². The van der Waals surface area contributed by atoms with Crippen molar-refractivity contribution in [3.8, 4) is 0 Å². The van der Waals surface area contributed by atoms with Crippen LogP contribution in [0.15, 0.2) is 54.9 Å². The minimum atomic E-state index is -0.419. The van der Waals surface area contributed by atoms with Crippen LogP contribution in [-0.2, 0) is 4.84 Å². The van der Waals surface area contributed by atoms with Gasteiger partial charge in [0.25, 0.3) is 0 Å². The first kappa shape index (κ1) is 10.2. The van der Waals surface area contributed by atoms with E-state index in [1.165, 1.54) is 0 Å². The van der Waals surface area contributed by atoms with Crippen molar-refractivity contribution < 1.29 is 9.63 Å². The first-order chi connectivity index (χ1) is 7.86. The molecule has 0 atom stereocenters. The lowest BCUT2D eigenvalue weighted by Crippen LogP contribution is -2.10. The summed E-state index contributed by atoms with van der Waals surface area (Å²) in [7, 11) is 0. The summed E-state index contributed by atoms with van der Waals surface area (Å²) in [5.74, 6) is -0.419. The average Bonchev–Trinajstić information content (AvgIpc) is 2.38. The van der Waals surface area contributed by atoms with Crippen molar-refractivity contribution >= 4 is 11.7 Å². The Morgan fingerprint density at radius 3 is 2.44 bits per heavy atom. The number of anilines is 1. The number of rotatable bonds is 3. The van der Waals surface area contributed by atoms with Crippen LogP contribution in [0.5, 0.6) is 0 Å². The fourth-order valence-electron chi connectivity index (χ4n) is 1.16. The summed E-state index contributed by atoms with van der Waals surface area (Å²) in [6, 6.07) is 12.2. The van der Waals surface area contributed by atoms with Crippen LogP contribution in [0.2, 0.25) is 0 Å². The second-order valence-corrected chi connectivity index (χ2v) is 3.09. The molecule has 80 valence electrons. The summed E-state index contributed by atoms with van der Waals surface area (Å²) in [4.78, 5) is 20.3. The smallest absolute Gasteiger partial charge is 0.338 e. The number of nitrogens with zero attached hydrogens (tertiary/aromatic N) is 1. The molecule has 0 aliphatic rings. The number of carbonyl (C=O) groups is 1. The summed E-state index contributed by atoms with van der Waals surface area (Å²) in [5.41, 5.74) is 3.74. The maximum Gasteiger partial charge on any atom is 0.362 e. The highest BCUT2D eigenvalue weighted by Crippen LogP contribution is 2.05. The molecule has 1 N–H and O–H groups in total. The van der Waals surface area contributed by atoms with E-state index in [0.717, 1.165) is 0 Å². The molecule has 0 radical (unpaired) electrons. The molecule has 1 heterocycles. The lowest BCUT2D eigenvalue weighted by Gasteiger charge is -2.05. The highest BCUT2D eigenvalue weighted by atomic mass is 16.7. The standard InChI is InChI=1S/C12H10N2O2/c15-12(10-4-2-1-3-5-10)16-14-11-6-8-13-9-7-11/h1-9H,(H,13,14). The van der Waals surface area contributed by atoms with Crippen molar-refractivity contribution in [2.45, 2.75) is 0 Å². The second kappa shape index (κ2) is 4.93. The molecule has 0 fully saturated rings. The van der Waals surface area contributed by atoms with Crippen LogP contribution >= 0.6 is 0 Å². The van der Waals surface area contributed by atoms with Gasteiger partial charge in [-0.05, 0) is 24.3 Å². The Hall–Kier alpha value is -2.36. The molecule has 0 amide bonds. The molecule has 1 aromatic carbocycles. The summed E-state index contributed by atoms with van der Waals surface area (Å²) < 4.78 is 0. The van der Waals surface area contributed by atoms with Crippen LogP contribution in [0.3, 0.4) is 0 Å². The molecule has 0 unspecified atom stereocenters. The van der Waals surface area contributed by atoms with Crippen LogP contribution < -0.4 is 5.48 Å². The Balaban J connectivity index is 1.95. The van der Waals surface area contributed by atoms with E-state index in [9.17, 15) is 4.79 Å². The highest BCUT2D eigenvalue weighted by molar-refractivity contribution is 5.89. The van der Waals surface area contributed by atoms with Crippen molar-refractivity contribution in [1.82, 2.24) is 4.98 Å². The van der Waals surface area contributed by atoms with E-state index in [1.807, 2.05) is 6.07 Å². The Labute approximate surface area is 92.9 Å². The van der Waals surface area contributed by atoms with E-state index in [4.69, 9.17) is 4.84 Å². The molecule has 0 aliphatic carbocycles. The van der Waals surface area contributed by atoms with Gasteiger partial charge in [-0.3, -0.25) is 4.98 Å². The number of nitrogens with one attached hydrogen (secondary N) is 1. The van der Waals surface area contributed by atoms with E-state index < -0.39 is 5.97 Å². The zero-order chi connectivity index (χ0) is 11.2. The summed E-state index contributed by atoms with van der Waals surface area (Å²) >= 11 is 0. The van der Waals surface area contributed by atoms with Gasteiger partial charge < -0.3 is 4.84 Å². The SMILES string of the molecule is O=C(ONc1ccncc1)c1ccccc1. The van der Waals surface area contributed by atoms with Crippen molar-refractivity contribution in [2.24, 2.45) is 0 Å². The van der Waals surface area contributed by atoms with Gasteiger partial charge in [-0.2, -0.15) is 0 Å². The van der Waals surface area contributed by atoms with Crippen LogP contribution in [0.1, 0.15) is 10.4 Å². The molecule has 0 saturated heterocycles. The van der Waals surface area contributed by atoms with Crippen LogP contribution in [-0.4, -0.2) is 11.0 Å². The van der Waals surface area contributed by atoms with Gasteiger partial charge in [0.2, 0.25) is 0 Å². The van der Waals surface area contributed by atoms with E-state index in [0.29, 0.717) is 11.3 Å². The normalized spacial score (nSPS) is 9.50. The summed E-state index contributed by atoms with van der Waals surface area (Å²) in [6.45, 7) is 0. The Morgan fingerprint density at radius 2 is 1.75 bits per heavy atom. The lowest BCUT2D eigenvalue weighted by atomic mass is 10.2. The molecular formula is C12H10N2O2. The molecule has 0 spiro atoms. The van der Waals surface area contributed by atoms with Gasteiger partial charge in [0.05, 0.1) is 11.3 Å². The summed E-state index contributed by atoms with van der Waals surface area (Å²) in [6.07, 6.45) is 3.22. The van der Waals surface area contributed by atoms with Crippen LogP contribution in [0, 0.1) is 0 Å². The van der Waals surface area contributed by atoms with Gasteiger partial charge in [-0.1, -0.05) is 18.2 Å². The molecule has 4 heteroatoms. The molecule has 0 bridgehead atoms. The predicted molar refractivity (Wildman–Crippen MR) is 59.7 cm³/mol. The number of carbonyl (C=O) groups excluding carboxylic acids is 1. The zero-order valence-electron chi connectivity index (χ0n) is 8.46. The molecule has 4 nitrogen and oxygen atoms in total. The monoisotopic (exact) mass is 214 g/mol. The van der Waals surface area contributed by atoms with Gasteiger partial charge >= 0.3 is 5.97 Å². The number of hydrogen-bond acceptors (Lipinski definition) is 4. The highest BCUT2D eigenvalue weighted by Gasteiger charge is 2.05. The Kier molecular flexibility index (Phi) is 3.13. The number of pyridine rings is 1. The zero-order valence-corrected chi connectivity index (χ0v) is 8.46. The second-order valence-electron chi connectivity index (χ2n) is 3.09. The molecule has 2 aromatic rings. The lowest BCUT2D eigenvalue weighted by molar-refractivity contribution is 0.0596. The Morgan fingerprint density at radius 1 is 1.06 bits per heavy atom. The first-order valence-electron chi connectivity index (χ1n) is 4.78. The number of aromatic nitrogens is 1. The fraction of sp³-hybridized carbons (Fsp3) is 0. The average molecular weight is 214 g/mol. The molecule has 0 saturated carbocycles. The third-order valence-corrected chi connectivity index (χ3v) is 1.95. The minimum absolute atomic E-state index is 0.419. The Bertz CT molecular complexity index is 457. The maximum atomic E-state index is 11.5. The molecule has 1 aromatic heterocycles. The minimum Gasteiger partial charge on any atom is -0.338 e. The van der Waals surface area contributed by atoms with E-state index >= 15 is 0 Å². The van der Waals surface area contributed by atoms with Crippen molar-refractivity contribution in [1.29, 1.82) is 0 Å². The number of hydrogen-bond donors (Lipinski definition) is 1. The van der Waals surface area contributed by atoms with Crippen molar-refractivity contribution in [3.63, 3.8) is 0 Å². The fourth-order valence-corrected chi connectivity index (χ4v) is 1.16. The molecule has 2 rings (SSSR count).